The highest BCUT2D eigenvalue weighted by Gasteiger charge is 2.32. The Morgan fingerprint density at radius 3 is 2.65 bits per heavy atom. The van der Waals surface area contributed by atoms with E-state index in [9.17, 15) is 0 Å². The van der Waals surface area contributed by atoms with Gasteiger partial charge >= 0.3 is 0 Å². The van der Waals surface area contributed by atoms with Gasteiger partial charge in [-0.25, -0.2) is 0 Å². The Morgan fingerprint density at radius 1 is 1.47 bits per heavy atom. The van der Waals surface area contributed by atoms with Crippen molar-refractivity contribution in [2.75, 3.05) is 13.6 Å². The summed E-state index contributed by atoms with van der Waals surface area (Å²) in [5, 5.41) is 0. The summed E-state index contributed by atoms with van der Waals surface area (Å²) in [6.45, 7) is 1.72. The lowest BCUT2D eigenvalue weighted by Crippen LogP contribution is -2.39. The number of halogens is 2. The molecule has 0 saturated heterocycles. The SMILES string of the molecule is CN(Cc1cccnc1)C(CN)C1CC1.Cl.Cl. The number of nitrogens with zero attached hydrogens (tertiary/aromatic N) is 2. The van der Waals surface area contributed by atoms with Gasteiger partial charge in [0.25, 0.3) is 0 Å². The van der Waals surface area contributed by atoms with Crippen molar-refractivity contribution in [1.82, 2.24) is 9.88 Å². The van der Waals surface area contributed by atoms with Crippen LogP contribution in [0.1, 0.15) is 18.4 Å². The molecule has 1 heterocycles. The van der Waals surface area contributed by atoms with Gasteiger partial charge in [-0.1, -0.05) is 6.07 Å². The molecule has 1 aromatic heterocycles. The number of rotatable bonds is 5. The Morgan fingerprint density at radius 2 is 2.18 bits per heavy atom. The van der Waals surface area contributed by atoms with Crippen LogP contribution >= 0.6 is 24.8 Å². The standard InChI is InChI=1S/C12H19N3.2ClH/c1-15(12(7-13)11-4-5-11)9-10-3-2-6-14-8-10;;/h2-3,6,8,11-12H,4-5,7,9,13H2,1H3;2*1H. The van der Waals surface area contributed by atoms with Crippen LogP contribution in [-0.4, -0.2) is 29.5 Å². The number of hydrogen-bond acceptors (Lipinski definition) is 3. The third kappa shape index (κ3) is 4.80. The molecule has 98 valence electrons. The molecule has 0 radical (unpaired) electrons. The molecule has 0 aliphatic heterocycles. The third-order valence-corrected chi connectivity index (χ3v) is 3.13. The lowest BCUT2D eigenvalue weighted by Gasteiger charge is -2.26. The molecular formula is C12H21Cl2N3. The average molecular weight is 278 g/mol. The van der Waals surface area contributed by atoms with Gasteiger partial charge in [0, 0.05) is 31.5 Å². The minimum absolute atomic E-state index is 0. The molecule has 1 aromatic rings. The van der Waals surface area contributed by atoms with Gasteiger partial charge in [0.1, 0.15) is 0 Å². The van der Waals surface area contributed by atoms with Gasteiger partial charge in [-0.3, -0.25) is 9.88 Å². The van der Waals surface area contributed by atoms with Crippen LogP contribution in [0.2, 0.25) is 0 Å². The summed E-state index contributed by atoms with van der Waals surface area (Å²) in [7, 11) is 2.16. The van der Waals surface area contributed by atoms with Gasteiger partial charge in [-0.2, -0.15) is 0 Å². The van der Waals surface area contributed by atoms with E-state index in [0.29, 0.717) is 6.04 Å². The summed E-state index contributed by atoms with van der Waals surface area (Å²) in [5.41, 5.74) is 7.07. The van der Waals surface area contributed by atoms with E-state index in [-0.39, 0.29) is 24.8 Å². The molecule has 2 rings (SSSR count). The zero-order valence-electron chi connectivity index (χ0n) is 10.1. The van der Waals surface area contributed by atoms with E-state index in [2.05, 4.69) is 23.0 Å². The van der Waals surface area contributed by atoms with Crippen molar-refractivity contribution in [2.24, 2.45) is 11.7 Å². The molecule has 0 aromatic carbocycles. The summed E-state index contributed by atoms with van der Waals surface area (Å²) >= 11 is 0. The van der Waals surface area contributed by atoms with Crippen LogP contribution in [0.25, 0.3) is 0 Å². The molecule has 1 fully saturated rings. The molecule has 1 aliphatic rings. The van der Waals surface area contributed by atoms with Crippen LogP contribution in [0, 0.1) is 5.92 Å². The molecular weight excluding hydrogens is 257 g/mol. The minimum Gasteiger partial charge on any atom is -0.329 e. The second-order valence-corrected chi connectivity index (χ2v) is 4.42. The van der Waals surface area contributed by atoms with E-state index in [1.165, 1.54) is 18.4 Å². The monoisotopic (exact) mass is 277 g/mol. The predicted octanol–water partition coefficient (Wildman–Crippen LogP) is 2.09. The maximum Gasteiger partial charge on any atom is 0.0312 e. The number of hydrogen-bond donors (Lipinski definition) is 1. The predicted molar refractivity (Wildman–Crippen MR) is 75.8 cm³/mol. The van der Waals surface area contributed by atoms with Gasteiger partial charge in [0.05, 0.1) is 0 Å². The maximum absolute atomic E-state index is 5.81. The van der Waals surface area contributed by atoms with Crippen molar-refractivity contribution in [3.8, 4) is 0 Å². The van der Waals surface area contributed by atoms with Crippen LogP contribution in [0.4, 0.5) is 0 Å². The molecule has 0 amide bonds. The Balaban J connectivity index is 0.00000128. The summed E-state index contributed by atoms with van der Waals surface area (Å²) < 4.78 is 0. The van der Waals surface area contributed by atoms with Crippen LogP contribution in [0.5, 0.6) is 0 Å². The van der Waals surface area contributed by atoms with Gasteiger partial charge in [-0.05, 0) is 37.4 Å². The molecule has 2 N–H and O–H groups in total. The molecule has 3 nitrogen and oxygen atoms in total. The van der Waals surface area contributed by atoms with Crippen LogP contribution < -0.4 is 5.73 Å². The third-order valence-electron chi connectivity index (χ3n) is 3.13. The van der Waals surface area contributed by atoms with Crippen LogP contribution in [0.15, 0.2) is 24.5 Å². The molecule has 1 aliphatic carbocycles. The number of aromatic nitrogens is 1. The molecule has 1 unspecified atom stereocenters. The first-order valence-corrected chi connectivity index (χ1v) is 5.60. The van der Waals surface area contributed by atoms with Gasteiger partial charge in [0.2, 0.25) is 0 Å². The Bertz CT molecular complexity index is 304. The molecule has 0 spiro atoms. The average Bonchev–Trinajstić information content (AvgIpc) is 3.04. The lowest BCUT2D eigenvalue weighted by molar-refractivity contribution is 0.215. The molecule has 5 heteroatoms. The minimum atomic E-state index is 0. The fourth-order valence-corrected chi connectivity index (χ4v) is 2.11. The normalized spacial score (nSPS) is 15.9. The largest absolute Gasteiger partial charge is 0.329 e. The number of likely N-dealkylation sites (N-methyl/N-ethyl adjacent to an activating group) is 1. The van der Waals surface area contributed by atoms with Crippen molar-refractivity contribution < 1.29 is 0 Å². The number of pyridine rings is 1. The molecule has 0 bridgehead atoms. The fourth-order valence-electron chi connectivity index (χ4n) is 2.11. The zero-order valence-corrected chi connectivity index (χ0v) is 11.7. The first kappa shape index (κ1) is 16.6. The maximum atomic E-state index is 5.81. The Kier molecular flexibility index (Phi) is 7.71. The summed E-state index contributed by atoms with van der Waals surface area (Å²) in [6, 6.07) is 4.65. The summed E-state index contributed by atoms with van der Waals surface area (Å²) in [6.07, 6.45) is 6.43. The topological polar surface area (TPSA) is 42.2 Å². The van der Waals surface area contributed by atoms with Crippen molar-refractivity contribution in [3.05, 3.63) is 30.1 Å². The van der Waals surface area contributed by atoms with Crippen LogP contribution in [0.3, 0.4) is 0 Å². The molecule has 17 heavy (non-hydrogen) atoms. The fraction of sp³-hybridized carbons (Fsp3) is 0.583. The number of nitrogens with two attached hydrogens (primary N) is 1. The molecule has 1 atom stereocenters. The van der Waals surface area contributed by atoms with Crippen molar-refractivity contribution in [2.45, 2.75) is 25.4 Å². The summed E-state index contributed by atoms with van der Waals surface area (Å²) in [4.78, 5) is 6.48. The van der Waals surface area contributed by atoms with Gasteiger partial charge in [-0.15, -0.1) is 24.8 Å². The quantitative estimate of drug-likeness (QED) is 0.896. The van der Waals surface area contributed by atoms with Crippen molar-refractivity contribution in [3.63, 3.8) is 0 Å². The van der Waals surface area contributed by atoms with E-state index < -0.39 is 0 Å². The van der Waals surface area contributed by atoms with Crippen molar-refractivity contribution >= 4 is 24.8 Å². The van der Waals surface area contributed by atoms with E-state index >= 15 is 0 Å². The highest BCUT2D eigenvalue weighted by Crippen LogP contribution is 2.34. The highest BCUT2D eigenvalue weighted by atomic mass is 35.5. The van der Waals surface area contributed by atoms with E-state index in [1.807, 2.05) is 18.5 Å². The zero-order chi connectivity index (χ0) is 10.7. The van der Waals surface area contributed by atoms with Crippen LogP contribution in [-0.2, 0) is 6.54 Å². The first-order valence-electron chi connectivity index (χ1n) is 5.60. The van der Waals surface area contributed by atoms with Crippen molar-refractivity contribution in [1.29, 1.82) is 0 Å². The second-order valence-electron chi connectivity index (χ2n) is 4.42. The van der Waals surface area contributed by atoms with Gasteiger partial charge < -0.3 is 5.73 Å². The smallest absolute Gasteiger partial charge is 0.0312 e. The highest BCUT2D eigenvalue weighted by molar-refractivity contribution is 5.85. The molecule has 1 saturated carbocycles. The van der Waals surface area contributed by atoms with E-state index in [0.717, 1.165) is 19.0 Å². The lowest BCUT2D eigenvalue weighted by atomic mass is 10.1. The Hall–Kier alpha value is -0.350. The Labute approximate surface area is 116 Å². The van der Waals surface area contributed by atoms with Gasteiger partial charge in [0.15, 0.2) is 0 Å². The summed E-state index contributed by atoms with van der Waals surface area (Å²) in [5.74, 6) is 0.830. The first-order chi connectivity index (χ1) is 7.31. The van der Waals surface area contributed by atoms with E-state index in [1.54, 1.807) is 0 Å². The van der Waals surface area contributed by atoms with E-state index in [4.69, 9.17) is 5.73 Å². The second kappa shape index (κ2) is 7.88.